The molecule has 3 aromatic rings. The molecule has 1 saturated carbocycles. The minimum Gasteiger partial charge on any atom is -0.424 e. The van der Waals surface area contributed by atoms with Crippen molar-refractivity contribution < 1.29 is 13.5 Å². The summed E-state index contributed by atoms with van der Waals surface area (Å²) in [7, 11) is 0. The molecule has 2 aromatic heterocycles. The van der Waals surface area contributed by atoms with E-state index in [1.807, 2.05) is 13.0 Å². The van der Waals surface area contributed by atoms with Crippen molar-refractivity contribution in [1.29, 1.82) is 0 Å². The van der Waals surface area contributed by atoms with E-state index in [1.165, 1.54) is 0 Å². The van der Waals surface area contributed by atoms with Crippen LogP contribution >= 0.6 is 11.6 Å². The normalized spacial score (nSPS) is 22.1. The molecular formula is C22H24ClF2N7O. The van der Waals surface area contributed by atoms with Crippen LogP contribution in [0.2, 0.25) is 5.02 Å². The first kappa shape index (κ1) is 21.8. The van der Waals surface area contributed by atoms with Crippen LogP contribution < -0.4 is 15.0 Å². The van der Waals surface area contributed by atoms with Gasteiger partial charge < -0.3 is 15.0 Å². The highest BCUT2D eigenvalue weighted by Gasteiger charge is 2.43. The van der Waals surface area contributed by atoms with Crippen molar-refractivity contribution in [3.63, 3.8) is 0 Å². The largest absolute Gasteiger partial charge is 0.424 e. The second-order valence-electron chi connectivity index (χ2n) is 8.54. The van der Waals surface area contributed by atoms with Crippen molar-refractivity contribution in [2.45, 2.75) is 38.8 Å². The first-order chi connectivity index (χ1) is 15.9. The van der Waals surface area contributed by atoms with Crippen LogP contribution in [0.15, 0.2) is 36.7 Å². The zero-order valence-electron chi connectivity index (χ0n) is 18.0. The van der Waals surface area contributed by atoms with E-state index in [0.717, 1.165) is 42.1 Å². The van der Waals surface area contributed by atoms with Gasteiger partial charge in [-0.2, -0.15) is 4.98 Å². The number of piperidine rings is 1. The van der Waals surface area contributed by atoms with Gasteiger partial charge in [-0.05, 0) is 49.8 Å². The molecule has 1 aromatic carbocycles. The predicted octanol–water partition coefficient (Wildman–Crippen LogP) is 4.41. The van der Waals surface area contributed by atoms with E-state index < -0.39 is 13.0 Å². The van der Waals surface area contributed by atoms with Crippen LogP contribution in [0.25, 0.3) is 0 Å². The molecule has 2 fully saturated rings. The third-order valence-electron chi connectivity index (χ3n) is 6.20. The Balaban J connectivity index is 1.32. The molecule has 0 radical (unpaired) electrons. The molecule has 0 amide bonds. The SMILES string of the molecule is Cc1cc(N2C[C@H]3CC[C@@H](C2)[C@H]3Nc2nc(Oc3cccc(Cl)c3)n(CC(F)F)n2)ncn1. The summed E-state index contributed by atoms with van der Waals surface area (Å²) in [6.07, 6.45) is 1.16. The molecule has 8 nitrogen and oxygen atoms in total. The van der Waals surface area contributed by atoms with Crippen LogP contribution in [0, 0.1) is 18.8 Å². The molecule has 1 aliphatic heterocycles. The van der Waals surface area contributed by atoms with Gasteiger partial charge in [-0.1, -0.05) is 17.7 Å². The highest BCUT2D eigenvalue weighted by Crippen LogP contribution is 2.40. The van der Waals surface area contributed by atoms with Crippen LogP contribution in [-0.4, -0.2) is 50.3 Å². The second-order valence-corrected chi connectivity index (χ2v) is 8.98. The van der Waals surface area contributed by atoms with Crippen LogP contribution in [0.4, 0.5) is 20.5 Å². The lowest BCUT2D eigenvalue weighted by Gasteiger charge is -2.38. The topological polar surface area (TPSA) is 81.0 Å². The number of aromatic nitrogens is 5. The highest BCUT2D eigenvalue weighted by molar-refractivity contribution is 6.30. The van der Waals surface area contributed by atoms with Gasteiger partial charge >= 0.3 is 6.01 Å². The van der Waals surface area contributed by atoms with Crippen LogP contribution in [0.5, 0.6) is 11.8 Å². The summed E-state index contributed by atoms with van der Waals surface area (Å²) >= 11 is 6.01. The standard InChI is InChI=1S/C22H24ClF2N7O/c1-13-7-19(27-12-26-13)31-9-14-5-6-15(10-31)20(14)28-21-29-22(32(30-21)11-18(24)25)33-17-4-2-3-16(23)8-17/h2-4,7-8,12,14-15,18,20H,5-6,9-11H2,1H3,(H,28,30)/t14-,15+,20+. The number of nitrogens with one attached hydrogen (secondary N) is 1. The maximum Gasteiger partial charge on any atom is 0.322 e. The van der Waals surface area contributed by atoms with Gasteiger partial charge in [0.15, 0.2) is 0 Å². The molecule has 3 atom stereocenters. The van der Waals surface area contributed by atoms with E-state index in [9.17, 15) is 8.78 Å². The van der Waals surface area contributed by atoms with Crippen molar-refractivity contribution >= 4 is 23.4 Å². The summed E-state index contributed by atoms with van der Waals surface area (Å²) in [6, 6.07) is 8.87. The minimum atomic E-state index is -2.59. The first-order valence-electron chi connectivity index (χ1n) is 10.9. The Bertz CT molecular complexity index is 1110. The summed E-state index contributed by atoms with van der Waals surface area (Å²) in [4.78, 5) is 15.3. The quantitative estimate of drug-likeness (QED) is 0.542. The zero-order valence-corrected chi connectivity index (χ0v) is 18.8. The Labute approximate surface area is 195 Å². The maximum absolute atomic E-state index is 13.1. The lowest BCUT2D eigenvalue weighted by molar-refractivity contribution is 0.118. The van der Waals surface area contributed by atoms with Crippen LogP contribution in [0.1, 0.15) is 18.5 Å². The van der Waals surface area contributed by atoms with Crippen molar-refractivity contribution in [1.82, 2.24) is 24.7 Å². The zero-order chi connectivity index (χ0) is 22.9. The molecule has 1 aliphatic carbocycles. The van der Waals surface area contributed by atoms with Crippen molar-refractivity contribution in [3.8, 4) is 11.8 Å². The minimum absolute atomic E-state index is 0.00121. The Kier molecular flexibility index (Phi) is 6.01. The number of nitrogens with zero attached hydrogens (tertiary/aromatic N) is 6. The number of alkyl halides is 2. The first-order valence-corrected chi connectivity index (χ1v) is 11.3. The average molecular weight is 476 g/mol. The summed E-state index contributed by atoms with van der Waals surface area (Å²) in [5.74, 6) is 2.39. The number of fused-ring (bicyclic) bond motifs is 2. The van der Waals surface area contributed by atoms with E-state index in [1.54, 1.807) is 30.6 Å². The lowest BCUT2D eigenvalue weighted by Crippen LogP contribution is -2.48. The Morgan fingerprint density at radius 3 is 2.67 bits per heavy atom. The number of halogens is 3. The van der Waals surface area contributed by atoms with Crippen molar-refractivity contribution in [3.05, 3.63) is 47.4 Å². The highest BCUT2D eigenvalue weighted by atomic mass is 35.5. The Morgan fingerprint density at radius 1 is 1.18 bits per heavy atom. The predicted molar refractivity (Wildman–Crippen MR) is 120 cm³/mol. The van der Waals surface area contributed by atoms with Gasteiger partial charge in [0.1, 0.15) is 24.4 Å². The van der Waals surface area contributed by atoms with Gasteiger partial charge in [-0.25, -0.2) is 23.4 Å². The number of benzene rings is 1. The molecule has 1 N–H and O–H groups in total. The van der Waals surface area contributed by atoms with Gasteiger partial charge in [0.05, 0.1) is 0 Å². The van der Waals surface area contributed by atoms with Crippen LogP contribution in [0.3, 0.4) is 0 Å². The third-order valence-corrected chi connectivity index (χ3v) is 6.43. The number of hydrogen-bond donors (Lipinski definition) is 1. The summed E-state index contributed by atoms with van der Waals surface area (Å²) in [5.41, 5.74) is 0.939. The fourth-order valence-corrected chi connectivity index (χ4v) is 4.94. The van der Waals surface area contributed by atoms with Crippen molar-refractivity contribution in [2.24, 2.45) is 11.8 Å². The summed E-state index contributed by atoms with van der Waals surface area (Å²) in [5, 5.41) is 8.15. The second kappa shape index (κ2) is 9.09. The number of anilines is 2. The summed E-state index contributed by atoms with van der Waals surface area (Å²) < 4.78 is 33.1. The fraction of sp³-hybridized carbons (Fsp3) is 0.455. The molecule has 5 rings (SSSR count). The molecular weight excluding hydrogens is 452 g/mol. The molecule has 33 heavy (non-hydrogen) atoms. The number of ether oxygens (including phenoxy) is 1. The number of aryl methyl sites for hydroxylation is 1. The smallest absolute Gasteiger partial charge is 0.322 e. The monoisotopic (exact) mass is 475 g/mol. The Morgan fingerprint density at radius 2 is 1.97 bits per heavy atom. The molecule has 2 bridgehead atoms. The molecule has 3 heterocycles. The third kappa shape index (κ3) is 4.85. The maximum atomic E-state index is 13.1. The molecule has 0 unspecified atom stereocenters. The van der Waals surface area contributed by atoms with Gasteiger partial charge in [0, 0.05) is 35.9 Å². The van der Waals surface area contributed by atoms with Gasteiger partial charge in [0.2, 0.25) is 5.95 Å². The fourth-order valence-electron chi connectivity index (χ4n) is 4.76. The average Bonchev–Trinajstić information content (AvgIpc) is 3.22. The van der Waals surface area contributed by atoms with E-state index in [0.29, 0.717) is 28.6 Å². The van der Waals surface area contributed by atoms with E-state index in [-0.39, 0.29) is 12.1 Å². The molecule has 2 aliphatic rings. The lowest BCUT2D eigenvalue weighted by atomic mass is 9.92. The molecule has 174 valence electrons. The van der Waals surface area contributed by atoms with E-state index >= 15 is 0 Å². The van der Waals surface area contributed by atoms with Gasteiger partial charge in [-0.3, -0.25) is 0 Å². The molecule has 0 spiro atoms. The number of rotatable bonds is 7. The number of hydrogen-bond acceptors (Lipinski definition) is 7. The van der Waals surface area contributed by atoms with Gasteiger partial charge in [-0.15, -0.1) is 5.10 Å². The van der Waals surface area contributed by atoms with Crippen LogP contribution in [-0.2, 0) is 6.54 Å². The summed E-state index contributed by atoms with van der Waals surface area (Å²) in [6.45, 7) is 3.06. The molecule has 11 heteroatoms. The van der Waals surface area contributed by atoms with Gasteiger partial charge in [0.25, 0.3) is 6.43 Å². The Hall–Kier alpha value is -3.01. The molecule has 1 saturated heterocycles. The van der Waals surface area contributed by atoms with E-state index in [2.05, 4.69) is 30.3 Å². The van der Waals surface area contributed by atoms with E-state index in [4.69, 9.17) is 16.3 Å². The van der Waals surface area contributed by atoms with Crippen molar-refractivity contribution in [2.75, 3.05) is 23.3 Å².